The fourth-order valence-electron chi connectivity index (χ4n) is 3.14. The minimum Gasteiger partial charge on any atom is -0.372 e. The lowest BCUT2D eigenvalue weighted by Gasteiger charge is -2.22. The second-order valence-corrected chi connectivity index (χ2v) is 6.81. The number of nitrogens with zero attached hydrogens (tertiary/aromatic N) is 2. The van der Waals surface area contributed by atoms with Crippen LogP contribution < -0.4 is 0 Å². The van der Waals surface area contributed by atoms with E-state index in [1.54, 1.807) is 18.2 Å². The van der Waals surface area contributed by atoms with E-state index in [9.17, 15) is 13.2 Å². The number of alkyl halides is 3. The third-order valence-corrected chi connectivity index (χ3v) is 4.84. The summed E-state index contributed by atoms with van der Waals surface area (Å²) in [5.41, 5.74) is 0.638. The third kappa shape index (κ3) is 4.18. The van der Waals surface area contributed by atoms with Crippen LogP contribution in [0, 0.1) is 6.92 Å². The summed E-state index contributed by atoms with van der Waals surface area (Å²) in [5.74, 6) is 0. The zero-order valence-corrected chi connectivity index (χ0v) is 14.7. The summed E-state index contributed by atoms with van der Waals surface area (Å²) in [4.78, 5) is 0. The zero-order valence-electron chi connectivity index (χ0n) is 13.9. The van der Waals surface area contributed by atoms with Crippen molar-refractivity contribution in [3.8, 4) is 5.69 Å². The highest BCUT2D eigenvalue weighted by atomic mass is 35.5. The second-order valence-electron chi connectivity index (χ2n) is 6.43. The van der Waals surface area contributed by atoms with Crippen molar-refractivity contribution in [2.75, 3.05) is 0 Å². The van der Waals surface area contributed by atoms with Gasteiger partial charge in [0.25, 0.3) is 0 Å². The van der Waals surface area contributed by atoms with E-state index in [1.807, 2.05) is 13.0 Å². The molecule has 1 heterocycles. The van der Waals surface area contributed by atoms with E-state index >= 15 is 0 Å². The van der Waals surface area contributed by atoms with Crippen LogP contribution in [0.25, 0.3) is 5.69 Å². The van der Waals surface area contributed by atoms with Crippen LogP contribution in [0.2, 0.25) is 5.02 Å². The van der Waals surface area contributed by atoms with Gasteiger partial charge in [0.05, 0.1) is 29.1 Å². The highest BCUT2D eigenvalue weighted by molar-refractivity contribution is 6.32. The Kier molecular flexibility index (Phi) is 5.39. The van der Waals surface area contributed by atoms with E-state index in [1.165, 1.54) is 11.1 Å². The average molecular weight is 373 g/mol. The summed E-state index contributed by atoms with van der Waals surface area (Å²) in [7, 11) is 0. The van der Waals surface area contributed by atoms with Crippen molar-refractivity contribution >= 4 is 11.6 Å². The molecule has 0 bridgehead atoms. The number of benzene rings is 1. The normalized spacial score (nSPS) is 16.4. The molecule has 0 atom stereocenters. The van der Waals surface area contributed by atoms with E-state index in [0.29, 0.717) is 5.69 Å². The maximum absolute atomic E-state index is 13.2. The first kappa shape index (κ1) is 18.3. The van der Waals surface area contributed by atoms with Gasteiger partial charge in [-0.15, -0.1) is 0 Å². The van der Waals surface area contributed by atoms with Gasteiger partial charge in [-0.3, -0.25) is 0 Å². The van der Waals surface area contributed by atoms with Gasteiger partial charge in [-0.1, -0.05) is 43.0 Å². The molecule has 0 radical (unpaired) electrons. The number of ether oxygens (including phenoxy) is 1. The highest BCUT2D eigenvalue weighted by Gasteiger charge is 2.39. The number of hydrogen-bond acceptors (Lipinski definition) is 2. The monoisotopic (exact) mass is 372 g/mol. The Hall–Kier alpha value is -1.53. The lowest BCUT2D eigenvalue weighted by atomic mass is 9.98. The fraction of sp³-hybridized carbons (Fsp3) is 0.500. The van der Waals surface area contributed by atoms with Gasteiger partial charge in [-0.05, 0) is 37.5 Å². The Morgan fingerprint density at radius 1 is 1.24 bits per heavy atom. The molecule has 3 nitrogen and oxygen atoms in total. The largest absolute Gasteiger partial charge is 0.436 e. The summed E-state index contributed by atoms with van der Waals surface area (Å²) < 4.78 is 46.8. The Morgan fingerprint density at radius 3 is 2.60 bits per heavy atom. The first-order valence-electron chi connectivity index (χ1n) is 8.39. The molecule has 7 heteroatoms. The van der Waals surface area contributed by atoms with Gasteiger partial charge in [0.1, 0.15) is 0 Å². The van der Waals surface area contributed by atoms with Crippen LogP contribution in [-0.2, 0) is 17.5 Å². The lowest BCUT2D eigenvalue weighted by molar-refractivity contribution is -0.141. The van der Waals surface area contributed by atoms with Crippen LogP contribution in [0.4, 0.5) is 13.2 Å². The summed E-state index contributed by atoms with van der Waals surface area (Å²) in [5, 5.41) is 3.35. The second kappa shape index (κ2) is 7.38. The van der Waals surface area contributed by atoms with Crippen molar-refractivity contribution in [1.29, 1.82) is 0 Å². The Bertz CT molecular complexity index is 736. The molecule has 1 saturated carbocycles. The molecule has 0 N–H and O–H groups in total. The minimum absolute atomic E-state index is 0.0144. The molecule has 0 aliphatic heterocycles. The molecule has 136 valence electrons. The smallest absolute Gasteiger partial charge is 0.372 e. The van der Waals surface area contributed by atoms with Gasteiger partial charge in [-0.25, -0.2) is 4.68 Å². The summed E-state index contributed by atoms with van der Waals surface area (Å²) in [6.45, 7) is 1.89. The maximum Gasteiger partial charge on any atom is 0.436 e. The van der Waals surface area contributed by atoms with Crippen LogP contribution in [0.15, 0.2) is 24.3 Å². The van der Waals surface area contributed by atoms with Gasteiger partial charge < -0.3 is 4.74 Å². The Morgan fingerprint density at radius 2 is 1.96 bits per heavy atom. The standard InChI is InChI=1S/C18H20ClF3N2O/c1-12-6-5-7-13(10-12)24-15(11-25-14-8-3-2-4-9-14)16(19)17(23-24)18(20,21)22/h5-7,10,14H,2-4,8-9,11H2,1H3. The summed E-state index contributed by atoms with van der Waals surface area (Å²) >= 11 is 6.04. The van der Waals surface area contributed by atoms with Gasteiger partial charge in [0, 0.05) is 0 Å². The predicted molar refractivity (Wildman–Crippen MR) is 90.0 cm³/mol. The highest BCUT2D eigenvalue weighted by Crippen LogP contribution is 2.37. The average Bonchev–Trinajstić information content (AvgIpc) is 2.91. The molecule has 3 rings (SSSR count). The molecule has 0 spiro atoms. The molecule has 1 aliphatic rings. The molecule has 0 unspecified atom stereocenters. The number of aryl methyl sites for hydroxylation is 1. The topological polar surface area (TPSA) is 27.1 Å². The van der Waals surface area contributed by atoms with Crippen LogP contribution in [-0.4, -0.2) is 15.9 Å². The third-order valence-electron chi connectivity index (χ3n) is 4.44. The lowest BCUT2D eigenvalue weighted by Crippen LogP contribution is -2.17. The molecule has 25 heavy (non-hydrogen) atoms. The van der Waals surface area contributed by atoms with Crippen LogP contribution in [0.1, 0.15) is 49.1 Å². The van der Waals surface area contributed by atoms with Crippen molar-refractivity contribution < 1.29 is 17.9 Å². The number of aromatic nitrogens is 2. The first-order chi connectivity index (χ1) is 11.9. The number of hydrogen-bond donors (Lipinski definition) is 0. The van der Waals surface area contributed by atoms with Gasteiger partial charge in [0.2, 0.25) is 0 Å². The minimum atomic E-state index is -4.61. The predicted octanol–water partition coefficient (Wildman–Crippen LogP) is 5.70. The molecule has 1 aromatic heterocycles. The summed E-state index contributed by atoms with van der Waals surface area (Å²) in [6.07, 6.45) is 0.684. The van der Waals surface area contributed by atoms with Crippen molar-refractivity contribution in [2.24, 2.45) is 0 Å². The van der Waals surface area contributed by atoms with E-state index in [-0.39, 0.29) is 23.4 Å². The summed E-state index contributed by atoms with van der Waals surface area (Å²) in [6, 6.07) is 7.13. The molecule has 1 fully saturated rings. The fourth-order valence-corrected chi connectivity index (χ4v) is 3.42. The van der Waals surface area contributed by atoms with E-state index in [4.69, 9.17) is 16.3 Å². The van der Waals surface area contributed by atoms with Gasteiger partial charge >= 0.3 is 6.18 Å². The first-order valence-corrected chi connectivity index (χ1v) is 8.77. The Balaban J connectivity index is 1.94. The van der Waals surface area contributed by atoms with Crippen molar-refractivity contribution in [2.45, 2.75) is 57.9 Å². The van der Waals surface area contributed by atoms with Gasteiger partial charge in [-0.2, -0.15) is 18.3 Å². The number of halogens is 4. The molecule has 0 saturated heterocycles. The molecular formula is C18H20ClF3N2O. The SMILES string of the molecule is Cc1cccc(-n2nc(C(F)(F)F)c(Cl)c2COC2CCCCC2)c1. The zero-order chi connectivity index (χ0) is 18.0. The van der Waals surface area contributed by atoms with E-state index < -0.39 is 11.9 Å². The maximum atomic E-state index is 13.2. The van der Waals surface area contributed by atoms with Crippen molar-refractivity contribution in [3.05, 3.63) is 46.2 Å². The van der Waals surface area contributed by atoms with Crippen molar-refractivity contribution in [1.82, 2.24) is 9.78 Å². The van der Waals surface area contributed by atoms with Crippen LogP contribution in [0.3, 0.4) is 0 Å². The van der Waals surface area contributed by atoms with Crippen LogP contribution in [0.5, 0.6) is 0 Å². The van der Waals surface area contributed by atoms with Gasteiger partial charge in [0.15, 0.2) is 5.69 Å². The molecular weight excluding hydrogens is 353 g/mol. The Labute approximate surface area is 149 Å². The molecule has 1 aromatic carbocycles. The van der Waals surface area contributed by atoms with E-state index in [0.717, 1.165) is 31.2 Å². The van der Waals surface area contributed by atoms with Crippen LogP contribution >= 0.6 is 11.6 Å². The quantitative estimate of drug-likeness (QED) is 0.688. The molecule has 1 aliphatic carbocycles. The molecule has 0 amide bonds. The van der Waals surface area contributed by atoms with E-state index in [2.05, 4.69) is 5.10 Å². The number of rotatable bonds is 4. The van der Waals surface area contributed by atoms with Crippen molar-refractivity contribution in [3.63, 3.8) is 0 Å². The molecule has 2 aromatic rings.